The molecule has 1 aliphatic rings. The van der Waals surface area contributed by atoms with Crippen molar-refractivity contribution >= 4 is 10.0 Å². The summed E-state index contributed by atoms with van der Waals surface area (Å²) in [5.41, 5.74) is 1.84. The van der Waals surface area contributed by atoms with E-state index in [1.54, 1.807) is 31.4 Å². The molecule has 0 unspecified atom stereocenters. The van der Waals surface area contributed by atoms with E-state index in [9.17, 15) is 8.42 Å². The van der Waals surface area contributed by atoms with Crippen LogP contribution >= 0.6 is 0 Å². The largest absolute Gasteiger partial charge is 0.497 e. The van der Waals surface area contributed by atoms with Crippen LogP contribution in [0.4, 0.5) is 0 Å². The van der Waals surface area contributed by atoms with E-state index in [0.29, 0.717) is 25.6 Å². The monoisotopic (exact) mass is 420 g/mol. The van der Waals surface area contributed by atoms with Crippen LogP contribution in [0.15, 0.2) is 47.4 Å². The Kier molecular flexibility index (Phi) is 7.13. The number of sulfonamides is 1. The van der Waals surface area contributed by atoms with Crippen molar-refractivity contribution in [1.29, 1.82) is 0 Å². The van der Waals surface area contributed by atoms with E-state index in [-0.39, 0.29) is 18.0 Å². The van der Waals surface area contributed by atoms with Gasteiger partial charge in [-0.3, -0.25) is 0 Å². The Labute approximate surface area is 172 Å². The van der Waals surface area contributed by atoms with Crippen LogP contribution in [0, 0.1) is 0 Å². The number of likely N-dealkylation sites (N-methyl/N-ethyl adjacent to an activating group) is 1. The molecule has 29 heavy (non-hydrogen) atoms. The van der Waals surface area contributed by atoms with Crippen LogP contribution in [0.1, 0.15) is 11.1 Å². The summed E-state index contributed by atoms with van der Waals surface area (Å²) in [7, 11) is 1.92. The van der Waals surface area contributed by atoms with Gasteiger partial charge in [0.2, 0.25) is 10.0 Å². The second kappa shape index (κ2) is 9.58. The van der Waals surface area contributed by atoms with Gasteiger partial charge in [0, 0.05) is 25.2 Å². The third-order valence-corrected chi connectivity index (χ3v) is 6.58. The summed E-state index contributed by atoms with van der Waals surface area (Å²) in [5.74, 6) is 1.34. The minimum absolute atomic E-state index is 0.241. The summed E-state index contributed by atoms with van der Waals surface area (Å²) in [5, 5.41) is 0. The normalized spacial score (nSPS) is 14.9. The van der Waals surface area contributed by atoms with Crippen molar-refractivity contribution in [2.24, 2.45) is 0 Å². The molecule has 0 amide bonds. The van der Waals surface area contributed by atoms with Gasteiger partial charge < -0.3 is 19.1 Å². The molecule has 0 atom stereocenters. The fourth-order valence-corrected chi connectivity index (χ4v) is 4.45. The lowest BCUT2D eigenvalue weighted by Gasteiger charge is -2.20. The lowest BCUT2D eigenvalue weighted by Crippen LogP contribution is -2.32. The van der Waals surface area contributed by atoms with Gasteiger partial charge in [-0.05, 0) is 56.1 Å². The van der Waals surface area contributed by atoms with Crippen molar-refractivity contribution < 1.29 is 22.6 Å². The maximum absolute atomic E-state index is 13.1. The summed E-state index contributed by atoms with van der Waals surface area (Å²) in [4.78, 5) is 2.30. The number of hydrogen-bond acceptors (Lipinski definition) is 6. The summed E-state index contributed by atoms with van der Waals surface area (Å²) in [6.45, 7) is 2.82. The van der Waals surface area contributed by atoms with Crippen LogP contribution in [-0.2, 0) is 27.9 Å². The number of benzene rings is 2. The highest BCUT2D eigenvalue weighted by Gasteiger charge is 2.27. The molecule has 0 radical (unpaired) electrons. The smallest absolute Gasteiger partial charge is 0.243 e. The second-order valence-corrected chi connectivity index (χ2v) is 9.10. The molecular weight excluding hydrogens is 392 g/mol. The van der Waals surface area contributed by atoms with Crippen molar-refractivity contribution in [3.63, 3.8) is 0 Å². The van der Waals surface area contributed by atoms with Crippen LogP contribution in [-0.4, -0.2) is 65.1 Å². The van der Waals surface area contributed by atoms with E-state index < -0.39 is 10.0 Å². The fraction of sp³-hybridized carbons (Fsp3) is 0.429. The highest BCUT2D eigenvalue weighted by molar-refractivity contribution is 7.89. The molecule has 2 aromatic carbocycles. The molecule has 0 aliphatic carbocycles. The predicted molar refractivity (Wildman–Crippen MR) is 111 cm³/mol. The first-order valence-corrected chi connectivity index (χ1v) is 11.0. The minimum atomic E-state index is -3.64. The topological polar surface area (TPSA) is 68.3 Å². The molecule has 0 fully saturated rings. The molecule has 2 aromatic rings. The molecule has 3 rings (SSSR count). The average molecular weight is 421 g/mol. The Morgan fingerprint density at radius 2 is 1.90 bits per heavy atom. The Morgan fingerprint density at radius 1 is 1.14 bits per heavy atom. The summed E-state index contributed by atoms with van der Waals surface area (Å²) in [6, 6.07) is 12.3. The van der Waals surface area contributed by atoms with E-state index in [1.807, 2.05) is 32.3 Å². The van der Waals surface area contributed by atoms with Gasteiger partial charge in [0.1, 0.15) is 18.1 Å². The molecule has 0 bridgehead atoms. The highest BCUT2D eigenvalue weighted by atomic mass is 32.2. The van der Waals surface area contributed by atoms with E-state index in [4.69, 9.17) is 14.2 Å². The predicted octanol–water partition coefficient (Wildman–Crippen LogP) is 2.36. The molecule has 0 spiro atoms. The Balaban J connectivity index is 1.75. The maximum Gasteiger partial charge on any atom is 0.243 e. The molecule has 8 heteroatoms. The van der Waals surface area contributed by atoms with E-state index in [0.717, 1.165) is 23.4 Å². The van der Waals surface area contributed by atoms with Crippen molar-refractivity contribution in [3.05, 3.63) is 53.6 Å². The van der Waals surface area contributed by atoms with Crippen LogP contribution in [0.5, 0.6) is 11.5 Å². The molecular formula is C21H28N2O5S. The first kappa shape index (κ1) is 21.6. The lowest BCUT2D eigenvalue weighted by atomic mass is 10.1. The van der Waals surface area contributed by atoms with Gasteiger partial charge in [0.15, 0.2) is 0 Å². The summed E-state index contributed by atoms with van der Waals surface area (Å²) < 4.78 is 44.3. The van der Waals surface area contributed by atoms with Crippen molar-refractivity contribution in [1.82, 2.24) is 9.21 Å². The summed E-state index contributed by atoms with van der Waals surface area (Å²) in [6.07, 6.45) is 0. The third-order valence-electron chi connectivity index (χ3n) is 4.72. The van der Waals surface area contributed by atoms with Crippen molar-refractivity contribution in [2.45, 2.75) is 18.0 Å². The molecule has 0 saturated heterocycles. The number of rotatable bonds is 8. The fourth-order valence-electron chi connectivity index (χ4n) is 3.05. The first-order valence-electron chi connectivity index (χ1n) is 9.51. The van der Waals surface area contributed by atoms with Gasteiger partial charge >= 0.3 is 0 Å². The van der Waals surface area contributed by atoms with Crippen LogP contribution in [0.25, 0.3) is 0 Å². The third kappa shape index (κ3) is 5.48. The lowest BCUT2D eigenvalue weighted by molar-refractivity contribution is 0.105. The number of methoxy groups -OCH3 is 1. The van der Waals surface area contributed by atoms with E-state index in [1.165, 1.54) is 4.31 Å². The van der Waals surface area contributed by atoms with Crippen molar-refractivity contribution in [2.75, 3.05) is 47.5 Å². The number of hydrogen-bond donors (Lipinski definition) is 0. The van der Waals surface area contributed by atoms with Crippen LogP contribution in [0.2, 0.25) is 0 Å². The Bertz CT molecular complexity index is 913. The average Bonchev–Trinajstić information content (AvgIpc) is 2.93. The SMILES string of the molecule is COc1ccc(S(=O)(=O)N2CCOc3ccc(COCCN(C)C)cc3C2)cc1. The molecule has 158 valence electrons. The number of nitrogens with zero attached hydrogens (tertiary/aromatic N) is 2. The van der Waals surface area contributed by atoms with Crippen LogP contribution in [0.3, 0.4) is 0 Å². The zero-order valence-electron chi connectivity index (χ0n) is 17.1. The molecule has 0 saturated carbocycles. The number of ether oxygens (including phenoxy) is 3. The molecule has 7 nitrogen and oxygen atoms in total. The molecule has 0 N–H and O–H groups in total. The Morgan fingerprint density at radius 3 is 2.59 bits per heavy atom. The Hall–Kier alpha value is -2.13. The maximum atomic E-state index is 13.1. The van der Waals surface area contributed by atoms with Gasteiger partial charge in [-0.15, -0.1) is 0 Å². The highest BCUT2D eigenvalue weighted by Crippen LogP contribution is 2.28. The molecule has 1 aliphatic heterocycles. The van der Waals surface area contributed by atoms with Gasteiger partial charge in [-0.2, -0.15) is 4.31 Å². The van der Waals surface area contributed by atoms with E-state index in [2.05, 4.69) is 4.90 Å². The molecule has 1 heterocycles. The van der Waals surface area contributed by atoms with Gasteiger partial charge in [-0.1, -0.05) is 6.07 Å². The van der Waals surface area contributed by atoms with Gasteiger partial charge in [0.25, 0.3) is 0 Å². The zero-order valence-corrected chi connectivity index (χ0v) is 17.9. The van der Waals surface area contributed by atoms with Gasteiger partial charge in [-0.25, -0.2) is 8.42 Å². The standard InChI is InChI=1S/C21H28N2O5S/c1-22(2)10-12-27-16-17-4-9-21-18(14-17)15-23(11-13-28-21)29(24,25)20-7-5-19(26-3)6-8-20/h4-9,14H,10-13,15-16H2,1-3H3. The molecule has 0 aromatic heterocycles. The van der Waals surface area contributed by atoms with Gasteiger partial charge in [0.05, 0.1) is 25.2 Å². The van der Waals surface area contributed by atoms with E-state index >= 15 is 0 Å². The second-order valence-electron chi connectivity index (χ2n) is 7.16. The summed E-state index contributed by atoms with van der Waals surface area (Å²) >= 11 is 0. The minimum Gasteiger partial charge on any atom is -0.497 e. The quantitative estimate of drug-likeness (QED) is 0.611. The first-order chi connectivity index (χ1) is 13.9. The zero-order chi connectivity index (χ0) is 20.9. The van der Waals surface area contributed by atoms with Crippen molar-refractivity contribution in [3.8, 4) is 11.5 Å². The number of fused-ring (bicyclic) bond motifs is 1. The van der Waals surface area contributed by atoms with Crippen LogP contribution < -0.4 is 9.47 Å².